The lowest BCUT2D eigenvalue weighted by molar-refractivity contribution is -0.119. The minimum absolute atomic E-state index is 0.133. The lowest BCUT2D eigenvalue weighted by Gasteiger charge is -2.09. The molecule has 0 aliphatic rings. The molecule has 1 N–H and O–H groups in total. The highest BCUT2D eigenvalue weighted by atomic mass is 35.5. The monoisotopic (exact) mass is 393 g/mol. The summed E-state index contributed by atoms with van der Waals surface area (Å²) in [5.41, 5.74) is -0.322. The molecule has 0 unspecified atom stereocenters. The normalized spacial score (nSPS) is 10.4. The van der Waals surface area contributed by atoms with Crippen LogP contribution in [0.2, 0.25) is 15.1 Å². The minimum atomic E-state index is -1.11. The Balaban J connectivity index is 1.98. The van der Waals surface area contributed by atoms with Crippen LogP contribution in [0.1, 0.15) is 10.4 Å². The van der Waals surface area contributed by atoms with Crippen LogP contribution in [-0.4, -0.2) is 18.5 Å². The molecule has 4 nitrogen and oxygen atoms in total. The van der Waals surface area contributed by atoms with Gasteiger partial charge in [-0.25, -0.2) is 13.6 Å². The number of halogens is 5. The first-order chi connectivity index (χ1) is 11.3. The molecular formula is C15H8Cl3F2NO3. The fraction of sp³-hybridized carbons (Fsp3) is 0.0667. The van der Waals surface area contributed by atoms with E-state index in [2.05, 4.69) is 10.1 Å². The maximum atomic E-state index is 13.4. The van der Waals surface area contributed by atoms with Gasteiger partial charge < -0.3 is 10.1 Å². The van der Waals surface area contributed by atoms with Crippen molar-refractivity contribution in [1.29, 1.82) is 0 Å². The number of benzene rings is 2. The van der Waals surface area contributed by atoms with E-state index in [1.807, 2.05) is 0 Å². The number of carbonyl (C=O) groups excluding carboxylic acids is 2. The summed E-state index contributed by atoms with van der Waals surface area (Å²) in [7, 11) is 0. The predicted octanol–water partition coefficient (Wildman–Crippen LogP) is 4.72. The number of esters is 1. The summed E-state index contributed by atoms with van der Waals surface area (Å²) in [6.07, 6.45) is 0. The average Bonchev–Trinajstić information content (AvgIpc) is 2.50. The van der Waals surface area contributed by atoms with Gasteiger partial charge in [-0.1, -0.05) is 34.8 Å². The van der Waals surface area contributed by atoms with Gasteiger partial charge in [0, 0.05) is 6.07 Å². The summed E-state index contributed by atoms with van der Waals surface area (Å²) in [4.78, 5) is 23.4. The molecule has 0 atom stereocenters. The summed E-state index contributed by atoms with van der Waals surface area (Å²) >= 11 is 17.5. The number of ether oxygens (including phenoxy) is 1. The third-order valence-corrected chi connectivity index (χ3v) is 3.80. The summed E-state index contributed by atoms with van der Waals surface area (Å²) in [5, 5.41) is 2.87. The molecule has 2 aromatic carbocycles. The van der Waals surface area contributed by atoms with E-state index < -0.39 is 35.7 Å². The van der Waals surface area contributed by atoms with Crippen molar-refractivity contribution in [1.82, 2.24) is 0 Å². The average molecular weight is 395 g/mol. The van der Waals surface area contributed by atoms with E-state index >= 15 is 0 Å². The molecule has 24 heavy (non-hydrogen) atoms. The lowest BCUT2D eigenvalue weighted by Crippen LogP contribution is -2.21. The fourth-order valence-electron chi connectivity index (χ4n) is 1.67. The molecule has 1 amide bonds. The Morgan fingerprint density at radius 2 is 1.67 bits per heavy atom. The Morgan fingerprint density at radius 1 is 1.00 bits per heavy atom. The molecule has 0 aliphatic heterocycles. The predicted molar refractivity (Wildman–Crippen MR) is 86.7 cm³/mol. The van der Waals surface area contributed by atoms with E-state index in [0.717, 1.165) is 12.1 Å². The van der Waals surface area contributed by atoms with Gasteiger partial charge in [-0.2, -0.15) is 0 Å². The molecule has 0 radical (unpaired) electrons. The van der Waals surface area contributed by atoms with Crippen molar-refractivity contribution in [2.45, 2.75) is 0 Å². The first kappa shape index (κ1) is 18.4. The van der Waals surface area contributed by atoms with Crippen molar-refractivity contribution < 1.29 is 23.1 Å². The van der Waals surface area contributed by atoms with Crippen LogP contribution in [0.25, 0.3) is 0 Å². The van der Waals surface area contributed by atoms with Crippen LogP contribution in [0.5, 0.6) is 0 Å². The molecular weight excluding hydrogens is 387 g/mol. The van der Waals surface area contributed by atoms with Gasteiger partial charge in [0.1, 0.15) is 11.6 Å². The van der Waals surface area contributed by atoms with Crippen LogP contribution >= 0.6 is 34.8 Å². The number of carbonyl (C=O) groups is 2. The van der Waals surface area contributed by atoms with E-state index in [0.29, 0.717) is 6.07 Å². The largest absolute Gasteiger partial charge is 0.452 e. The Bertz CT molecular complexity index is 815. The van der Waals surface area contributed by atoms with Crippen LogP contribution in [-0.2, 0) is 9.53 Å². The second kappa shape index (κ2) is 7.79. The number of rotatable bonds is 4. The van der Waals surface area contributed by atoms with E-state index in [1.54, 1.807) is 0 Å². The number of nitrogens with one attached hydrogen (secondary N) is 1. The van der Waals surface area contributed by atoms with Crippen molar-refractivity contribution >= 4 is 52.4 Å². The maximum absolute atomic E-state index is 13.4. The second-order valence-electron chi connectivity index (χ2n) is 4.49. The van der Waals surface area contributed by atoms with E-state index in [4.69, 9.17) is 34.8 Å². The van der Waals surface area contributed by atoms with Gasteiger partial charge in [-0.05, 0) is 24.3 Å². The number of hydrogen-bond acceptors (Lipinski definition) is 3. The Labute approximate surface area is 150 Å². The van der Waals surface area contributed by atoms with Gasteiger partial charge in [0.15, 0.2) is 6.61 Å². The molecule has 0 aromatic heterocycles. The first-order valence-corrected chi connectivity index (χ1v) is 7.48. The molecule has 0 spiro atoms. The minimum Gasteiger partial charge on any atom is -0.452 e. The lowest BCUT2D eigenvalue weighted by atomic mass is 10.2. The number of anilines is 1. The van der Waals surface area contributed by atoms with Gasteiger partial charge in [0.25, 0.3) is 5.91 Å². The zero-order valence-corrected chi connectivity index (χ0v) is 14.0. The third kappa shape index (κ3) is 4.56. The number of hydrogen-bond donors (Lipinski definition) is 1. The summed E-state index contributed by atoms with van der Waals surface area (Å²) in [6.45, 7) is -0.702. The Hall–Kier alpha value is -1.89. The summed E-state index contributed by atoms with van der Waals surface area (Å²) in [6, 6.07) is 5.01. The molecule has 126 valence electrons. The van der Waals surface area contributed by atoms with Crippen LogP contribution in [0, 0.1) is 11.6 Å². The van der Waals surface area contributed by atoms with Crippen LogP contribution in [0.3, 0.4) is 0 Å². The van der Waals surface area contributed by atoms with E-state index in [9.17, 15) is 18.4 Å². The zero-order valence-electron chi connectivity index (χ0n) is 11.7. The fourth-order valence-corrected chi connectivity index (χ4v) is 2.26. The molecule has 0 bridgehead atoms. The molecule has 0 fully saturated rings. The summed E-state index contributed by atoms with van der Waals surface area (Å²) in [5.74, 6) is -3.77. The Morgan fingerprint density at radius 3 is 2.33 bits per heavy atom. The number of amides is 1. The summed E-state index contributed by atoms with van der Waals surface area (Å²) < 4.78 is 30.9. The molecule has 2 aromatic rings. The first-order valence-electron chi connectivity index (χ1n) is 6.34. The molecule has 0 aliphatic carbocycles. The van der Waals surface area contributed by atoms with Gasteiger partial charge in [-0.15, -0.1) is 0 Å². The van der Waals surface area contributed by atoms with Gasteiger partial charge in [-0.3, -0.25) is 4.79 Å². The van der Waals surface area contributed by atoms with Crippen molar-refractivity contribution in [3.05, 3.63) is 62.6 Å². The molecule has 2 rings (SSSR count). The van der Waals surface area contributed by atoms with Crippen LogP contribution in [0.15, 0.2) is 30.3 Å². The van der Waals surface area contributed by atoms with Crippen molar-refractivity contribution in [3.63, 3.8) is 0 Å². The molecule has 0 saturated heterocycles. The third-order valence-electron chi connectivity index (χ3n) is 2.77. The van der Waals surface area contributed by atoms with Gasteiger partial charge in [0.2, 0.25) is 0 Å². The standard InChI is InChI=1S/C15H8Cl3F2NO3/c16-9-4-11(18)13(5-10(9)17)21-14(22)6-24-15(23)8-2-1-7(19)3-12(8)20/h1-5H,6H2,(H,21,22). The van der Waals surface area contributed by atoms with Crippen molar-refractivity contribution in [2.24, 2.45) is 0 Å². The van der Waals surface area contributed by atoms with Crippen molar-refractivity contribution in [3.8, 4) is 0 Å². The maximum Gasteiger partial charge on any atom is 0.341 e. The highest BCUT2D eigenvalue weighted by Crippen LogP contribution is 2.32. The quantitative estimate of drug-likeness (QED) is 0.603. The Kier molecular flexibility index (Phi) is 5.99. The zero-order chi connectivity index (χ0) is 17.9. The van der Waals surface area contributed by atoms with Crippen molar-refractivity contribution in [2.75, 3.05) is 11.9 Å². The van der Waals surface area contributed by atoms with Gasteiger partial charge >= 0.3 is 5.97 Å². The molecule has 0 heterocycles. The van der Waals surface area contributed by atoms with E-state index in [-0.39, 0.29) is 20.8 Å². The highest BCUT2D eigenvalue weighted by molar-refractivity contribution is 6.44. The SMILES string of the molecule is O=C(COC(=O)c1ccc(F)cc1F)Nc1cc(Cl)c(Cl)cc1Cl. The topological polar surface area (TPSA) is 55.4 Å². The van der Waals surface area contributed by atoms with Crippen LogP contribution < -0.4 is 5.32 Å². The van der Waals surface area contributed by atoms with Gasteiger partial charge in [0.05, 0.1) is 26.3 Å². The molecule has 9 heteroatoms. The molecule has 0 saturated carbocycles. The van der Waals surface area contributed by atoms with Crippen LogP contribution in [0.4, 0.5) is 14.5 Å². The second-order valence-corrected chi connectivity index (χ2v) is 5.72. The van der Waals surface area contributed by atoms with E-state index in [1.165, 1.54) is 12.1 Å². The smallest absolute Gasteiger partial charge is 0.341 e. The highest BCUT2D eigenvalue weighted by Gasteiger charge is 2.16.